The van der Waals surface area contributed by atoms with Crippen LogP contribution in [0.4, 0.5) is 5.13 Å². The first kappa shape index (κ1) is 25.7. The van der Waals surface area contributed by atoms with Gasteiger partial charge in [0.25, 0.3) is 5.91 Å². The van der Waals surface area contributed by atoms with Crippen LogP contribution < -0.4 is 4.90 Å². The number of nitrogens with zero attached hydrogens (tertiary/aromatic N) is 4. The highest BCUT2D eigenvalue weighted by Gasteiger charge is 2.27. The number of carbonyl (C=O) groups excluding carboxylic acids is 1. The number of carbonyl (C=O) groups is 1. The van der Waals surface area contributed by atoms with Gasteiger partial charge in [0.05, 0.1) is 21.2 Å². The third-order valence-electron chi connectivity index (χ3n) is 6.07. The van der Waals surface area contributed by atoms with Gasteiger partial charge in [-0.05, 0) is 75.8 Å². The number of anilines is 1. The first-order chi connectivity index (χ1) is 16.6. The molecule has 2 aromatic carbocycles. The van der Waals surface area contributed by atoms with E-state index in [1.165, 1.54) is 27.8 Å². The summed E-state index contributed by atoms with van der Waals surface area (Å²) in [7, 11) is 1.80. The highest BCUT2D eigenvalue weighted by molar-refractivity contribution is 7.89. The van der Waals surface area contributed by atoms with E-state index in [1.807, 2.05) is 38.1 Å². The lowest BCUT2D eigenvalue weighted by atomic mass is 10.2. The fourth-order valence-electron chi connectivity index (χ4n) is 4.00. The van der Waals surface area contributed by atoms with Gasteiger partial charge in [-0.25, -0.2) is 13.4 Å². The second-order valence-electron chi connectivity index (χ2n) is 9.17. The molecule has 1 unspecified atom stereocenters. The summed E-state index contributed by atoms with van der Waals surface area (Å²) in [6, 6.07) is 12.2. The number of fused-ring (bicyclic) bond motifs is 1. The van der Waals surface area contributed by atoms with Crippen LogP contribution in [0.1, 0.15) is 28.8 Å². The summed E-state index contributed by atoms with van der Waals surface area (Å²) >= 11 is 1.48. The fraction of sp³-hybridized carbons (Fsp3) is 0.440. The maximum Gasteiger partial charge on any atom is 0.260 e. The Morgan fingerprint density at radius 1 is 1.11 bits per heavy atom. The van der Waals surface area contributed by atoms with Gasteiger partial charge in [-0.2, -0.15) is 4.31 Å². The van der Waals surface area contributed by atoms with E-state index in [0.717, 1.165) is 28.6 Å². The first-order valence-electron chi connectivity index (χ1n) is 11.7. The Morgan fingerprint density at radius 2 is 1.86 bits per heavy atom. The summed E-state index contributed by atoms with van der Waals surface area (Å²) in [5.74, 6) is -0.209. The number of aromatic nitrogens is 1. The Kier molecular flexibility index (Phi) is 7.87. The Morgan fingerprint density at radius 3 is 2.51 bits per heavy atom. The number of thiazole rings is 1. The lowest BCUT2D eigenvalue weighted by Gasteiger charge is -2.22. The number of ether oxygens (including phenoxy) is 1. The van der Waals surface area contributed by atoms with E-state index in [-0.39, 0.29) is 16.9 Å². The van der Waals surface area contributed by atoms with Gasteiger partial charge in [0.15, 0.2) is 5.13 Å². The molecule has 0 saturated carbocycles. The number of hydrogen-bond acceptors (Lipinski definition) is 7. The molecule has 1 saturated heterocycles. The molecule has 0 bridgehead atoms. The summed E-state index contributed by atoms with van der Waals surface area (Å²) in [6.45, 7) is 4.16. The summed E-state index contributed by atoms with van der Waals surface area (Å²) in [5.41, 5.74) is 2.41. The van der Waals surface area contributed by atoms with E-state index in [4.69, 9.17) is 9.72 Å². The molecule has 1 aromatic heterocycles. The highest BCUT2D eigenvalue weighted by Crippen LogP contribution is 2.30. The van der Waals surface area contributed by atoms with Crippen LogP contribution in [0.3, 0.4) is 0 Å². The predicted molar refractivity (Wildman–Crippen MR) is 140 cm³/mol. The minimum atomic E-state index is -3.67. The molecule has 1 aliphatic heterocycles. The number of amides is 1. The SMILES string of the molecule is Cc1ccc2nc(N(CCN(C)C)C(=O)c3ccc(S(=O)(=O)N(C)CC4CCCO4)cc3)sc2c1. The second kappa shape index (κ2) is 10.7. The largest absolute Gasteiger partial charge is 0.377 e. The third-order valence-corrected chi connectivity index (χ3v) is 8.95. The molecule has 10 heteroatoms. The minimum absolute atomic E-state index is 0.0709. The van der Waals surface area contributed by atoms with Crippen molar-refractivity contribution in [2.24, 2.45) is 0 Å². The average Bonchev–Trinajstić information content (AvgIpc) is 3.48. The van der Waals surface area contributed by atoms with Gasteiger partial charge >= 0.3 is 0 Å². The Hall–Kier alpha value is -2.37. The van der Waals surface area contributed by atoms with Crippen LogP contribution in [0, 0.1) is 6.92 Å². The zero-order valence-corrected chi connectivity index (χ0v) is 22.2. The summed E-state index contributed by atoms with van der Waals surface area (Å²) in [6.07, 6.45) is 1.74. The smallest absolute Gasteiger partial charge is 0.260 e. The Bertz CT molecular complexity index is 1280. The Balaban J connectivity index is 1.56. The molecule has 1 aliphatic rings. The molecule has 0 N–H and O–H groups in total. The maximum atomic E-state index is 13.5. The van der Waals surface area contributed by atoms with Crippen LogP contribution in [0.2, 0.25) is 0 Å². The van der Waals surface area contributed by atoms with Gasteiger partial charge in [-0.1, -0.05) is 17.4 Å². The van der Waals surface area contributed by atoms with Crippen molar-refractivity contribution in [1.29, 1.82) is 0 Å². The zero-order valence-electron chi connectivity index (χ0n) is 20.6. The quantitative estimate of drug-likeness (QED) is 0.432. The van der Waals surface area contributed by atoms with Gasteiger partial charge in [0.2, 0.25) is 10.0 Å². The van der Waals surface area contributed by atoms with E-state index in [1.54, 1.807) is 24.1 Å². The van der Waals surface area contributed by atoms with Crippen molar-refractivity contribution < 1.29 is 17.9 Å². The summed E-state index contributed by atoms with van der Waals surface area (Å²) in [5, 5.41) is 0.630. The molecule has 4 rings (SSSR count). The minimum Gasteiger partial charge on any atom is -0.377 e. The van der Waals surface area contributed by atoms with Crippen LogP contribution in [0.15, 0.2) is 47.4 Å². The first-order valence-corrected chi connectivity index (χ1v) is 13.9. The van der Waals surface area contributed by atoms with E-state index in [0.29, 0.717) is 36.9 Å². The number of benzene rings is 2. The van der Waals surface area contributed by atoms with Crippen LogP contribution >= 0.6 is 11.3 Å². The molecular formula is C25H32N4O4S2. The normalized spacial score (nSPS) is 16.5. The van der Waals surface area contributed by atoms with Crippen molar-refractivity contribution in [3.05, 3.63) is 53.6 Å². The summed E-state index contributed by atoms with van der Waals surface area (Å²) in [4.78, 5) is 22.1. The van der Waals surface area contributed by atoms with E-state index < -0.39 is 10.0 Å². The predicted octanol–water partition coefficient (Wildman–Crippen LogP) is 3.61. The molecular weight excluding hydrogens is 484 g/mol. The number of sulfonamides is 1. The molecule has 0 spiro atoms. The highest BCUT2D eigenvalue weighted by atomic mass is 32.2. The number of likely N-dealkylation sites (N-methyl/N-ethyl adjacent to an activating group) is 2. The van der Waals surface area contributed by atoms with Crippen molar-refractivity contribution in [2.75, 3.05) is 52.3 Å². The molecule has 188 valence electrons. The van der Waals surface area contributed by atoms with E-state index >= 15 is 0 Å². The molecule has 1 fully saturated rings. The van der Waals surface area contributed by atoms with Crippen molar-refractivity contribution in [3.63, 3.8) is 0 Å². The van der Waals surface area contributed by atoms with Crippen molar-refractivity contribution in [2.45, 2.75) is 30.8 Å². The molecule has 3 aromatic rings. The molecule has 0 radical (unpaired) electrons. The average molecular weight is 517 g/mol. The standard InChI is InChI=1S/C25H32N4O4S2/c1-18-7-12-22-23(16-18)34-25(26-22)29(14-13-27(2)3)24(30)19-8-10-21(11-9-19)35(31,32)28(4)17-20-6-5-15-33-20/h7-12,16,20H,5-6,13-15,17H2,1-4H3. The van der Waals surface area contributed by atoms with Crippen LogP contribution in [0.25, 0.3) is 10.2 Å². The maximum absolute atomic E-state index is 13.5. The number of rotatable bonds is 9. The second-order valence-corrected chi connectivity index (χ2v) is 12.2. The number of aryl methyl sites for hydroxylation is 1. The molecule has 2 heterocycles. The summed E-state index contributed by atoms with van der Waals surface area (Å²) < 4.78 is 34.0. The lowest BCUT2D eigenvalue weighted by Crippen LogP contribution is -2.37. The van der Waals surface area contributed by atoms with Gasteiger partial charge in [-0.3, -0.25) is 9.69 Å². The van der Waals surface area contributed by atoms with Gasteiger partial charge in [-0.15, -0.1) is 0 Å². The molecule has 0 aliphatic carbocycles. The van der Waals surface area contributed by atoms with E-state index in [2.05, 4.69) is 6.07 Å². The monoisotopic (exact) mass is 516 g/mol. The topological polar surface area (TPSA) is 83.1 Å². The van der Waals surface area contributed by atoms with Crippen molar-refractivity contribution in [1.82, 2.24) is 14.2 Å². The fourth-order valence-corrected chi connectivity index (χ4v) is 6.29. The van der Waals surface area contributed by atoms with Gasteiger partial charge in [0, 0.05) is 38.9 Å². The van der Waals surface area contributed by atoms with Crippen LogP contribution in [-0.2, 0) is 14.8 Å². The van der Waals surface area contributed by atoms with Crippen molar-refractivity contribution in [3.8, 4) is 0 Å². The molecule has 8 nitrogen and oxygen atoms in total. The zero-order chi connectivity index (χ0) is 25.2. The Labute approximate surface area is 211 Å². The van der Waals surface area contributed by atoms with Crippen LogP contribution in [-0.4, -0.2) is 82.0 Å². The number of hydrogen-bond donors (Lipinski definition) is 0. The third kappa shape index (κ3) is 5.90. The molecule has 1 amide bonds. The lowest BCUT2D eigenvalue weighted by molar-refractivity contribution is 0.0978. The van der Waals surface area contributed by atoms with Gasteiger partial charge in [0.1, 0.15) is 0 Å². The van der Waals surface area contributed by atoms with Crippen LogP contribution in [0.5, 0.6) is 0 Å². The van der Waals surface area contributed by atoms with Gasteiger partial charge < -0.3 is 9.64 Å². The molecule has 35 heavy (non-hydrogen) atoms. The van der Waals surface area contributed by atoms with Crippen molar-refractivity contribution >= 4 is 42.6 Å². The van der Waals surface area contributed by atoms with E-state index in [9.17, 15) is 13.2 Å². The molecule has 1 atom stereocenters.